The van der Waals surface area contributed by atoms with Crippen molar-refractivity contribution in [1.29, 1.82) is 0 Å². The first-order chi connectivity index (χ1) is 12.9. The summed E-state index contributed by atoms with van der Waals surface area (Å²) in [4.78, 5) is 6.96. The summed E-state index contributed by atoms with van der Waals surface area (Å²) in [5.41, 5.74) is 1.04. The Morgan fingerprint density at radius 2 is 1.92 bits per heavy atom. The maximum atomic E-state index is 4.65. The van der Waals surface area contributed by atoms with Gasteiger partial charge in [-0.05, 0) is 44.4 Å². The molecule has 134 valence electrons. The van der Waals surface area contributed by atoms with E-state index in [1.807, 2.05) is 41.3 Å². The van der Waals surface area contributed by atoms with Crippen molar-refractivity contribution in [1.82, 2.24) is 34.4 Å². The van der Waals surface area contributed by atoms with Gasteiger partial charge in [0.1, 0.15) is 18.5 Å². The van der Waals surface area contributed by atoms with Crippen molar-refractivity contribution in [3.05, 3.63) is 54.6 Å². The Balaban J connectivity index is 1.27. The van der Waals surface area contributed by atoms with E-state index in [0.29, 0.717) is 12.0 Å². The SMILES string of the molecule is c1ccc(-n2cnc(CN3CCC[C@@H](c4nncn4C4CC4)C3)n2)cc1. The highest BCUT2D eigenvalue weighted by Gasteiger charge is 2.31. The number of aromatic nitrogens is 6. The molecule has 2 fully saturated rings. The summed E-state index contributed by atoms with van der Waals surface area (Å²) in [7, 11) is 0. The summed E-state index contributed by atoms with van der Waals surface area (Å²) in [5, 5.41) is 13.3. The summed E-state index contributed by atoms with van der Waals surface area (Å²) in [6, 6.07) is 10.8. The molecule has 7 nitrogen and oxygen atoms in total. The van der Waals surface area contributed by atoms with Crippen molar-refractivity contribution in [2.45, 2.75) is 44.2 Å². The predicted molar refractivity (Wildman–Crippen MR) is 96.9 cm³/mol. The van der Waals surface area contributed by atoms with Crippen molar-refractivity contribution in [2.75, 3.05) is 13.1 Å². The lowest BCUT2D eigenvalue weighted by Crippen LogP contribution is -2.35. The molecular weight excluding hydrogens is 326 g/mol. The van der Waals surface area contributed by atoms with Crippen LogP contribution in [0.4, 0.5) is 0 Å². The molecule has 0 radical (unpaired) electrons. The standard InChI is InChI=1S/C19H23N7/c1-2-6-17(7-3-1)26-13-20-18(23-26)12-24-10-4-5-15(11-24)19-22-21-14-25(19)16-8-9-16/h1-3,6-7,13-16H,4-5,8-12H2/t15-/m1/s1. The molecule has 3 aromatic rings. The second-order valence-electron chi connectivity index (χ2n) is 7.34. The maximum absolute atomic E-state index is 4.65. The minimum absolute atomic E-state index is 0.461. The van der Waals surface area contributed by atoms with Crippen LogP contribution in [-0.2, 0) is 6.54 Å². The van der Waals surface area contributed by atoms with Gasteiger partial charge in [0, 0.05) is 18.5 Å². The zero-order valence-corrected chi connectivity index (χ0v) is 14.8. The van der Waals surface area contributed by atoms with Gasteiger partial charge in [-0.3, -0.25) is 4.90 Å². The highest BCUT2D eigenvalue weighted by molar-refractivity contribution is 5.29. The van der Waals surface area contributed by atoms with Gasteiger partial charge in [-0.25, -0.2) is 9.67 Å². The van der Waals surface area contributed by atoms with Crippen molar-refractivity contribution in [3.8, 4) is 5.69 Å². The number of para-hydroxylation sites is 1. The number of hydrogen-bond acceptors (Lipinski definition) is 5. The smallest absolute Gasteiger partial charge is 0.164 e. The third kappa shape index (κ3) is 3.14. The average Bonchev–Trinajstić information content (AvgIpc) is 3.22. The molecule has 1 aromatic carbocycles. The minimum Gasteiger partial charge on any atom is -0.314 e. The van der Waals surface area contributed by atoms with Crippen LogP contribution < -0.4 is 0 Å². The fourth-order valence-electron chi connectivity index (χ4n) is 3.86. The average molecular weight is 349 g/mol. The minimum atomic E-state index is 0.461. The second kappa shape index (κ2) is 6.64. The van der Waals surface area contributed by atoms with Crippen LogP contribution in [-0.4, -0.2) is 47.5 Å². The summed E-state index contributed by atoms with van der Waals surface area (Å²) in [6.07, 6.45) is 8.62. The zero-order valence-electron chi connectivity index (χ0n) is 14.8. The van der Waals surface area contributed by atoms with Crippen LogP contribution in [0.3, 0.4) is 0 Å². The maximum Gasteiger partial charge on any atom is 0.164 e. The Hall–Kier alpha value is -2.54. The van der Waals surface area contributed by atoms with Crippen molar-refractivity contribution in [2.24, 2.45) is 0 Å². The fourth-order valence-corrected chi connectivity index (χ4v) is 3.86. The first-order valence-electron chi connectivity index (χ1n) is 9.44. The molecule has 0 spiro atoms. The van der Waals surface area contributed by atoms with Gasteiger partial charge in [-0.1, -0.05) is 18.2 Å². The van der Waals surface area contributed by atoms with Crippen LogP contribution in [0, 0.1) is 0 Å². The third-order valence-electron chi connectivity index (χ3n) is 5.34. The Morgan fingerprint density at radius 3 is 2.77 bits per heavy atom. The van der Waals surface area contributed by atoms with E-state index in [-0.39, 0.29) is 0 Å². The number of benzene rings is 1. The van der Waals surface area contributed by atoms with Crippen LogP contribution in [0.5, 0.6) is 0 Å². The lowest BCUT2D eigenvalue weighted by atomic mass is 9.97. The van der Waals surface area contributed by atoms with E-state index in [0.717, 1.165) is 31.1 Å². The van der Waals surface area contributed by atoms with E-state index in [4.69, 9.17) is 0 Å². The van der Waals surface area contributed by atoms with Gasteiger partial charge >= 0.3 is 0 Å². The Bertz CT molecular complexity index is 865. The fraction of sp³-hybridized carbons (Fsp3) is 0.474. The van der Waals surface area contributed by atoms with E-state index in [1.165, 1.54) is 31.5 Å². The van der Waals surface area contributed by atoms with Crippen LogP contribution in [0.25, 0.3) is 5.69 Å². The van der Waals surface area contributed by atoms with Crippen LogP contribution in [0.15, 0.2) is 43.0 Å². The number of piperidine rings is 1. The van der Waals surface area contributed by atoms with Crippen molar-refractivity contribution in [3.63, 3.8) is 0 Å². The molecule has 1 aliphatic heterocycles. The molecule has 1 atom stereocenters. The summed E-state index contributed by atoms with van der Waals surface area (Å²) < 4.78 is 4.15. The first kappa shape index (κ1) is 15.7. The van der Waals surface area contributed by atoms with Gasteiger partial charge in [0.05, 0.1) is 12.2 Å². The van der Waals surface area contributed by atoms with Gasteiger partial charge in [0.2, 0.25) is 0 Å². The number of rotatable bonds is 5. The van der Waals surface area contributed by atoms with E-state index in [1.54, 1.807) is 6.33 Å². The Kier molecular flexibility index (Phi) is 4.01. The molecule has 1 saturated carbocycles. The lowest BCUT2D eigenvalue weighted by Gasteiger charge is -2.31. The molecule has 2 aromatic heterocycles. The molecule has 7 heteroatoms. The van der Waals surface area contributed by atoms with E-state index in [9.17, 15) is 0 Å². The molecular formula is C19H23N7. The molecule has 26 heavy (non-hydrogen) atoms. The normalized spacial score (nSPS) is 21.2. The Morgan fingerprint density at radius 1 is 1.04 bits per heavy atom. The highest BCUT2D eigenvalue weighted by Crippen LogP contribution is 2.38. The molecule has 0 unspecified atom stereocenters. The summed E-state index contributed by atoms with van der Waals surface area (Å²) in [5.74, 6) is 2.50. The number of nitrogens with zero attached hydrogens (tertiary/aromatic N) is 7. The molecule has 2 aliphatic rings. The van der Waals surface area contributed by atoms with Crippen molar-refractivity contribution >= 4 is 0 Å². The van der Waals surface area contributed by atoms with E-state index < -0.39 is 0 Å². The quantitative estimate of drug-likeness (QED) is 0.708. The topological polar surface area (TPSA) is 64.7 Å². The van der Waals surface area contributed by atoms with Gasteiger partial charge in [0.25, 0.3) is 0 Å². The molecule has 0 bridgehead atoms. The summed E-state index contributed by atoms with van der Waals surface area (Å²) >= 11 is 0. The third-order valence-corrected chi connectivity index (χ3v) is 5.34. The van der Waals surface area contributed by atoms with Gasteiger partial charge in [0.15, 0.2) is 5.82 Å². The van der Waals surface area contributed by atoms with Gasteiger partial charge in [-0.15, -0.1) is 15.3 Å². The van der Waals surface area contributed by atoms with Gasteiger partial charge < -0.3 is 4.57 Å². The number of hydrogen-bond donors (Lipinski definition) is 0. The highest BCUT2D eigenvalue weighted by atomic mass is 15.3. The molecule has 1 saturated heterocycles. The summed E-state index contributed by atoms with van der Waals surface area (Å²) in [6.45, 7) is 2.88. The van der Waals surface area contributed by atoms with Crippen molar-refractivity contribution < 1.29 is 0 Å². The number of likely N-dealkylation sites (tertiary alicyclic amines) is 1. The largest absolute Gasteiger partial charge is 0.314 e. The molecule has 1 aliphatic carbocycles. The monoisotopic (exact) mass is 349 g/mol. The predicted octanol–water partition coefficient (Wildman–Crippen LogP) is 2.57. The first-order valence-corrected chi connectivity index (χ1v) is 9.44. The van der Waals surface area contributed by atoms with Crippen LogP contribution in [0.1, 0.15) is 49.3 Å². The second-order valence-corrected chi connectivity index (χ2v) is 7.34. The van der Waals surface area contributed by atoms with Crippen LogP contribution in [0.2, 0.25) is 0 Å². The molecule has 0 amide bonds. The Labute approximate surface area is 152 Å². The van der Waals surface area contributed by atoms with E-state index in [2.05, 4.69) is 29.7 Å². The van der Waals surface area contributed by atoms with Crippen LogP contribution >= 0.6 is 0 Å². The molecule has 5 rings (SSSR count). The zero-order chi connectivity index (χ0) is 17.3. The molecule has 3 heterocycles. The lowest BCUT2D eigenvalue weighted by molar-refractivity contribution is 0.190. The molecule has 0 N–H and O–H groups in total. The van der Waals surface area contributed by atoms with E-state index >= 15 is 0 Å². The van der Waals surface area contributed by atoms with Gasteiger partial charge in [-0.2, -0.15) is 0 Å².